The quantitative estimate of drug-likeness (QED) is 0.185. The Bertz CT molecular complexity index is 1830. The van der Waals surface area contributed by atoms with Crippen LogP contribution in [0.3, 0.4) is 0 Å². The lowest BCUT2D eigenvalue weighted by Crippen LogP contribution is -2.42. The third kappa shape index (κ3) is 9.54. The molecule has 0 bridgehead atoms. The molecule has 278 valence electrons. The molecule has 2 heterocycles. The largest absolute Gasteiger partial charge is 0.481 e. The van der Waals surface area contributed by atoms with Crippen molar-refractivity contribution in [3.63, 3.8) is 0 Å². The highest BCUT2D eigenvalue weighted by Gasteiger charge is 2.40. The van der Waals surface area contributed by atoms with Gasteiger partial charge in [0, 0.05) is 30.8 Å². The summed E-state index contributed by atoms with van der Waals surface area (Å²) < 4.78 is 116. The minimum Gasteiger partial charge on any atom is -0.481 e. The monoisotopic (exact) mass is 729 g/mol. The number of carboxylic acid groups (broad SMARTS) is 1. The van der Waals surface area contributed by atoms with Gasteiger partial charge in [-0.15, -0.1) is 0 Å². The van der Waals surface area contributed by atoms with E-state index >= 15 is 8.78 Å². The molecule has 1 aromatic heterocycles. The molecule has 15 heteroatoms. The van der Waals surface area contributed by atoms with E-state index in [2.05, 4.69) is 5.32 Å². The van der Waals surface area contributed by atoms with Crippen LogP contribution in [-0.2, 0) is 28.4 Å². The summed E-state index contributed by atoms with van der Waals surface area (Å²) in [6.45, 7) is 8.61. The number of nitrogens with one attached hydrogen (secondary N) is 1. The lowest BCUT2D eigenvalue weighted by atomic mass is 9.89. The molecule has 1 fully saturated rings. The van der Waals surface area contributed by atoms with Crippen LogP contribution in [0.2, 0.25) is 0 Å². The number of likely N-dealkylation sites (tertiary alicyclic amines) is 1. The number of pyridine rings is 1. The van der Waals surface area contributed by atoms with Crippen molar-refractivity contribution in [3.05, 3.63) is 91.6 Å². The van der Waals surface area contributed by atoms with Crippen molar-refractivity contribution in [1.82, 2.24) is 14.8 Å². The molecule has 2 aromatic carbocycles. The van der Waals surface area contributed by atoms with Crippen LogP contribution in [0.15, 0.2) is 41.3 Å². The second-order valence-corrected chi connectivity index (χ2v) is 13.7. The maximum Gasteiger partial charge on any atom is 0.419 e. The fraction of sp³-hybridized carbons (Fsp3) is 0.472. The van der Waals surface area contributed by atoms with Crippen LogP contribution in [0, 0.1) is 26.6 Å². The number of carbonyl (C=O) groups excluding carboxylic acids is 1. The number of carbonyl (C=O) groups is 2. The molecule has 1 unspecified atom stereocenters. The van der Waals surface area contributed by atoms with Gasteiger partial charge >= 0.3 is 18.3 Å². The van der Waals surface area contributed by atoms with Crippen molar-refractivity contribution in [2.24, 2.45) is 0 Å². The molecule has 2 atom stereocenters. The normalized spacial score (nSPS) is 15.3. The SMILES string of the molecule is Cc1cc(C)c(-c2cc([C@H](CC(=O)O)NC(=O)C(CC(C)(C)F)n3cc(CCN4CCC4)c(C(F)(F)F)cc3=O)c(F)c(C(F)(F)F)c2)c(C)c1. The van der Waals surface area contributed by atoms with Gasteiger partial charge in [-0.3, -0.25) is 14.4 Å². The van der Waals surface area contributed by atoms with E-state index in [0.717, 1.165) is 38.1 Å². The van der Waals surface area contributed by atoms with Crippen LogP contribution < -0.4 is 10.9 Å². The average molecular weight is 730 g/mol. The number of hydrogen-bond acceptors (Lipinski definition) is 4. The summed E-state index contributed by atoms with van der Waals surface area (Å²) in [4.78, 5) is 41.0. The summed E-state index contributed by atoms with van der Waals surface area (Å²) in [5.41, 5.74) is -5.68. The Morgan fingerprint density at radius 1 is 0.902 bits per heavy atom. The second-order valence-electron chi connectivity index (χ2n) is 13.7. The molecule has 0 radical (unpaired) electrons. The third-order valence-electron chi connectivity index (χ3n) is 8.87. The second kappa shape index (κ2) is 14.8. The van der Waals surface area contributed by atoms with E-state index in [9.17, 15) is 45.8 Å². The highest BCUT2D eigenvalue weighted by Crippen LogP contribution is 2.40. The van der Waals surface area contributed by atoms with Gasteiger partial charge in [0.05, 0.1) is 23.6 Å². The highest BCUT2D eigenvalue weighted by atomic mass is 19.4. The summed E-state index contributed by atoms with van der Waals surface area (Å²) in [5, 5.41) is 11.9. The molecule has 3 aromatic rings. The third-order valence-corrected chi connectivity index (χ3v) is 8.87. The van der Waals surface area contributed by atoms with Crippen LogP contribution >= 0.6 is 0 Å². The Morgan fingerprint density at radius 2 is 1.49 bits per heavy atom. The Morgan fingerprint density at radius 3 is 1.98 bits per heavy atom. The molecule has 0 saturated carbocycles. The Kier molecular flexibility index (Phi) is 11.4. The number of alkyl halides is 7. The minimum absolute atomic E-state index is 0.120. The van der Waals surface area contributed by atoms with Gasteiger partial charge in [-0.2, -0.15) is 26.3 Å². The van der Waals surface area contributed by atoms with E-state index in [1.54, 1.807) is 32.9 Å². The maximum absolute atomic E-state index is 15.8. The van der Waals surface area contributed by atoms with Crippen molar-refractivity contribution in [2.75, 3.05) is 19.6 Å². The number of carboxylic acids is 1. The van der Waals surface area contributed by atoms with Gasteiger partial charge in [-0.05, 0) is 100 Å². The summed E-state index contributed by atoms with van der Waals surface area (Å²) in [6, 6.07) is 1.36. The number of rotatable bonds is 12. The molecule has 2 N–H and O–H groups in total. The molecule has 7 nitrogen and oxygen atoms in total. The standard InChI is InChI=1S/C36H39F8N3O4/c1-19-11-20(2)31(21(3)12-19)23-13-24(32(37)26(14-23)36(42,43)44)27(16-30(49)50)45-33(51)28(17-34(4,5)38)47-18-22(7-10-46-8-6-9-46)25(15-29(47)48)35(39,40)41/h11-15,18,27-28H,6-10,16-17H2,1-5H3,(H,45,51)(H,49,50)/t27-,28?/m0/s1. The van der Waals surface area contributed by atoms with Crippen LogP contribution in [0.5, 0.6) is 0 Å². The predicted molar refractivity (Wildman–Crippen MR) is 173 cm³/mol. The van der Waals surface area contributed by atoms with Crippen LogP contribution in [0.4, 0.5) is 35.1 Å². The zero-order valence-electron chi connectivity index (χ0n) is 28.7. The fourth-order valence-electron chi connectivity index (χ4n) is 6.53. The summed E-state index contributed by atoms with van der Waals surface area (Å²) in [6.07, 6.45) is -10.7. The van der Waals surface area contributed by atoms with Crippen LogP contribution in [-0.4, -0.2) is 51.8 Å². The topological polar surface area (TPSA) is 91.6 Å². The maximum atomic E-state index is 15.8. The van der Waals surface area contributed by atoms with Crippen molar-refractivity contribution >= 4 is 11.9 Å². The molecule has 1 aliphatic rings. The summed E-state index contributed by atoms with van der Waals surface area (Å²) in [7, 11) is 0. The van der Waals surface area contributed by atoms with Gasteiger partial charge in [0.15, 0.2) is 0 Å². The molecule has 1 amide bonds. The Labute approximate surface area is 289 Å². The van der Waals surface area contributed by atoms with Gasteiger partial charge in [0.2, 0.25) is 5.91 Å². The van der Waals surface area contributed by atoms with E-state index in [1.807, 2.05) is 4.90 Å². The number of nitrogens with zero attached hydrogens (tertiary/aromatic N) is 2. The van der Waals surface area contributed by atoms with Crippen molar-refractivity contribution in [2.45, 2.75) is 90.4 Å². The molecular weight excluding hydrogens is 690 g/mol. The molecule has 1 saturated heterocycles. The lowest BCUT2D eigenvalue weighted by molar-refractivity contribution is -0.140. The first-order chi connectivity index (χ1) is 23.5. The molecule has 0 spiro atoms. The number of benzene rings is 2. The van der Waals surface area contributed by atoms with E-state index in [-0.39, 0.29) is 30.2 Å². The molecular formula is C36H39F8N3O4. The van der Waals surface area contributed by atoms with Crippen molar-refractivity contribution in [3.8, 4) is 11.1 Å². The zero-order chi connectivity index (χ0) is 38.2. The van der Waals surface area contributed by atoms with Crippen LogP contribution in [0.25, 0.3) is 11.1 Å². The van der Waals surface area contributed by atoms with E-state index in [4.69, 9.17) is 0 Å². The number of aliphatic carboxylic acids is 1. The zero-order valence-corrected chi connectivity index (χ0v) is 28.7. The number of hydrogen-bond donors (Lipinski definition) is 2. The molecule has 1 aliphatic heterocycles. The van der Waals surface area contributed by atoms with E-state index in [1.165, 1.54) is 0 Å². The fourth-order valence-corrected chi connectivity index (χ4v) is 6.53. The molecule has 0 aliphatic carbocycles. The van der Waals surface area contributed by atoms with Crippen LogP contribution in [0.1, 0.15) is 84.1 Å². The molecule has 51 heavy (non-hydrogen) atoms. The lowest BCUT2D eigenvalue weighted by Gasteiger charge is -2.31. The van der Waals surface area contributed by atoms with Gasteiger partial charge < -0.3 is 19.9 Å². The van der Waals surface area contributed by atoms with Crippen molar-refractivity contribution in [1.29, 1.82) is 0 Å². The minimum atomic E-state index is -5.25. The Hall–Kier alpha value is -4.27. The van der Waals surface area contributed by atoms with Gasteiger partial charge in [0.25, 0.3) is 5.56 Å². The van der Waals surface area contributed by atoms with Crippen molar-refractivity contribution < 1.29 is 49.8 Å². The number of halogens is 8. The molecule has 4 rings (SSSR count). The summed E-state index contributed by atoms with van der Waals surface area (Å²) >= 11 is 0. The van der Waals surface area contributed by atoms with Gasteiger partial charge in [-0.1, -0.05) is 17.7 Å². The first-order valence-electron chi connectivity index (χ1n) is 16.2. The number of amides is 1. The average Bonchev–Trinajstić information content (AvgIpc) is 2.93. The van der Waals surface area contributed by atoms with E-state index in [0.29, 0.717) is 40.4 Å². The number of aryl methyl sites for hydroxylation is 3. The van der Waals surface area contributed by atoms with E-state index < -0.39 is 82.9 Å². The Balaban J connectivity index is 1.87. The summed E-state index contributed by atoms with van der Waals surface area (Å²) in [5.74, 6) is -4.82. The highest BCUT2D eigenvalue weighted by molar-refractivity contribution is 5.82. The predicted octanol–water partition coefficient (Wildman–Crippen LogP) is 7.88. The van der Waals surface area contributed by atoms with Gasteiger partial charge in [0.1, 0.15) is 17.5 Å². The first kappa shape index (κ1) is 39.5. The first-order valence-corrected chi connectivity index (χ1v) is 16.2. The number of aromatic nitrogens is 1. The van der Waals surface area contributed by atoms with Gasteiger partial charge in [-0.25, -0.2) is 8.78 Å². The smallest absolute Gasteiger partial charge is 0.419 e.